The normalized spacial score (nSPS) is 10.9. The Bertz CT molecular complexity index is 653. The molecule has 0 fully saturated rings. The molecule has 0 saturated carbocycles. The fourth-order valence-corrected chi connectivity index (χ4v) is 2.56. The fourth-order valence-electron chi connectivity index (χ4n) is 2.43. The van der Waals surface area contributed by atoms with Gasteiger partial charge >= 0.3 is 0 Å². The second kappa shape index (κ2) is 10.1. The highest BCUT2D eigenvalue weighted by Crippen LogP contribution is 2.16. The van der Waals surface area contributed by atoms with Crippen LogP contribution in [0.4, 0.5) is 0 Å². The third kappa shape index (κ3) is 6.07. The van der Waals surface area contributed by atoms with Crippen molar-refractivity contribution in [3.63, 3.8) is 0 Å². The zero-order valence-corrected chi connectivity index (χ0v) is 15.5. The number of aromatic nitrogens is 2. The molecule has 1 aromatic heterocycles. The molecule has 0 atom stereocenters. The van der Waals surface area contributed by atoms with E-state index in [4.69, 9.17) is 16.3 Å². The van der Waals surface area contributed by atoms with Gasteiger partial charge in [0.2, 0.25) is 0 Å². The van der Waals surface area contributed by atoms with Gasteiger partial charge in [0.25, 0.3) is 5.91 Å². The summed E-state index contributed by atoms with van der Waals surface area (Å²) >= 11 is 5.85. The van der Waals surface area contributed by atoms with E-state index in [-0.39, 0.29) is 12.6 Å². The molecule has 136 valence electrons. The summed E-state index contributed by atoms with van der Waals surface area (Å²) in [5, 5.41) is 7.73. The molecule has 0 spiro atoms. The van der Waals surface area contributed by atoms with E-state index in [0.29, 0.717) is 23.0 Å². The highest BCUT2D eigenvalue weighted by Gasteiger charge is 2.12. The third-order valence-electron chi connectivity index (χ3n) is 3.95. The number of benzene rings is 1. The lowest BCUT2D eigenvalue weighted by atomic mass is 10.3. The first kappa shape index (κ1) is 19.3. The maximum Gasteiger partial charge on any atom is 0.269 e. The summed E-state index contributed by atoms with van der Waals surface area (Å²) in [6.07, 6.45) is 2.51. The van der Waals surface area contributed by atoms with Gasteiger partial charge in [-0.1, -0.05) is 25.4 Å². The fraction of sp³-hybridized carbons (Fsp3) is 0.444. The molecule has 0 bridgehead atoms. The Morgan fingerprint density at radius 3 is 2.64 bits per heavy atom. The second-order valence-electron chi connectivity index (χ2n) is 5.58. The number of halogens is 1. The first-order valence-corrected chi connectivity index (χ1v) is 8.92. The average molecular weight is 365 g/mol. The molecule has 0 aliphatic heterocycles. The van der Waals surface area contributed by atoms with Crippen molar-refractivity contribution in [2.24, 2.45) is 0 Å². The van der Waals surface area contributed by atoms with Crippen LogP contribution in [-0.2, 0) is 6.73 Å². The van der Waals surface area contributed by atoms with Gasteiger partial charge in [-0.25, -0.2) is 4.68 Å². The molecule has 6 nitrogen and oxygen atoms in total. The monoisotopic (exact) mass is 364 g/mol. The topological polar surface area (TPSA) is 59.4 Å². The number of nitrogens with zero attached hydrogens (tertiary/aromatic N) is 3. The van der Waals surface area contributed by atoms with Crippen molar-refractivity contribution < 1.29 is 9.53 Å². The lowest BCUT2D eigenvalue weighted by Crippen LogP contribution is -2.31. The van der Waals surface area contributed by atoms with Crippen LogP contribution in [0.2, 0.25) is 5.02 Å². The van der Waals surface area contributed by atoms with Crippen molar-refractivity contribution in [3.8, 4) is 5.75 Å². The van der Waals surface area contributed by atoms with E-state index in [2.05, 4.69) is 29.2 Å². The Morgan fingerprint density at radius 2 is 1.96 bits per heavy atom. The van der Waals surface area contributed by atoms with Crippen molar-refractivity contribution in [2.75, 3.05) is 26.2 Å². The predicted octanol–water partition coefficient (Wildman–Crippen LogP) is 3.03. The number of nitrogens with one attached hydrogen (secondary N) is 1. The SMILES string of the molecule is CCN(CC)CCCNC(=O)c1ccnn1COc1ccc(Cl)cc1. The summed E-state index contributed by atoms with van der Waals surface area (Å²) in [5.74, 6) is 0.530. The van der Waals surface area contributed by atoms with Gasteiger partial charge in [-0.05, 0) is 56.4 Å². The molecule has 1 heterocycles. The third-order valence-corrected chi connectivity index (χ3v) is 4.20. The van der Waals surface area contributed by atoms with Gasteiger partial charge < -0.3 is 15.0 Å². The Labute approximate surface area is 153 Å². The Hall–Kier alpha value is -2.05. The highest BCUT2D eigenvalue weighted by molar-refractivity contribution is 6.30. The Balaban J connectivity index is 1.81. The molecular weight excluding hydrogens is 340 g/mol. The lowest BCUT2D eigenvalue weighted by Gasteiger charge is -2.17. The van der Waals surface area contributed by atoms with Crippen molar-refractivity contribution in [1.29, 1.82) is 0 Å². The molecule has 0 aliphatic rings. The maximum absolute atomic E-state index is 12.3. The highest BCUT2D eigenvalue weighted by atomic mass is 35.5. The Kier molecular flexibility index (Phi) is 7.76. The van der Waals surface area contributed by atoms with Crippen LogP contribution in [0.25, 0.3) is 0 Å². The first-order chi connectivity index (χ1) is 12.1. The zero-order chi connectivity index (χ0) is 18.1. The largest absolute Gasteiger partial charge is 0.471 e. The van der Waals surface area contributed by atoms with E-state index in [9.17, 15) is 4.79 Å². The number of rotatable bonds is 10. The van der Waals surface area contributed by atoms with Gasteiger partial charge in [-0.15, -0.1) is 0 Å². The van der Waals surface area contributed by atoms with E-state index >= 15 is 0 Å². The molecule has 2 rings (SSSR count). The first-order valence-electron chi connectivity index (χ1n) is 8.54. The molecule has 0 radical (unpaired) electrons. The summed E-state index contributed by atoms with van der Waals surface area (Å²) in [7, 11) is 0. The predicted molar refractivity (Wildman–Crippen MR) is 99.0 cm³/mol. The standard InChI is InChI=1S/C18H25ClN4O2/c1-3-22(4-2)13-5-11-20-18(24)17-10-12-21-23(17)14-25-16-8-6-15(19)7-9-16/h6-10,12H,3-5,11,13-14H2,1-2H3,(H,20,24). The maximum atomic E-state index is 12.3. The van der Waals surface area contributed by atoms with E-state index in [1.165, 1.54) is 4.68 Å². The van der Waals surface area contributed by atoms with Gasteiger partial charge in [-0.3, -0.25) is 4.79 Å². The van der Waals surface area contributed by atoms with Crippen molar-refractivity contribution in [1.82, 2.24) is 20.0 Å². The molecular formula is C18H25ClN4O2. The van der Waals surface area contributed by atoms with Gasteiger partial charge in [-0.2, -0.15) is 5.10 Å². The summed E-state index contributed by atoms with van der Waals surface area (Å²) in [6, 6.07) is 8.75. The van der Waals surface area contributed by atoms with Gasteiger partial charge in [0.15, 0.2) is 6.73 Å². The van der Waals surface area contributed by atoms with Crippen LogP contribution in [0.3, 0.4) is 0 Å². The summed E-state index contributed by atoms with van der Waals surface area (Å²) in [6.45, 7) is 8.11. The van der Waals surface area contributed by atoms with Crippen LogP contribution in [0.15, 0.2) is 36.5 Å². The van der Waals surface area contributed by atoms with Crippen LogP contribution in [0.1, 0.15) is 30.8 Å². The molecule has 1 N–H and O–H groups in total. The van der Waals surface area contributed by atoms with E-state index < -0.39 is 0 Å². The summed E-state index contributed by atoms with van der Waals surface area (Å²) in [5.41, 5.74) is 0.483. The minimum Gasteiger partial charge on any atom is -0.471 e. The van der Waals surface area contributed by atoms with Crippen LogP contribution < -0.4 is 10.1 Å². The number of amides is 1. The van der Waals surface area contributed by atoms with Crippen LogP contribution in [0.5, 0.6) is 5.75 Å². The molecule has 25 heavy (non-hydrogen) atoms. The molecule has 0 aliphatic carbocycles. The van der Waals surface area contributed by atoms with Gasteiger partial charge in [0.1, 0.15) is 11.4 Å². The molecule has 2 aromatic rings. The van der Waals surface area contributed by atoms with Crippen molar-refractivity contribution in [2.45, 2.75) is 27.0 Å². The molecule has 0 saturated heterocycles. The van der Waals surface area contributed by atoms with Crippen LogP contribution in [-0.4, -0.2) is 46.8 Å². The molecule has 1 amide bonds. The minimum atomic E-state index is -0.142. The number of hydrogen-bond acceptors (Lipinski definition) is 4. The smallest absolute Gasteiger partial charge is 0.269 e. The van der Waals surface area contributed by atoms with Crippen LogP contribution >= 0.6 is 11.6 Å². The number of hydrogen-bond donors (Lipinski definition) is 1. The second-order valence-corrected chi connectivity index (χ2v) is 6.02. The minimum absolute atomic E-state index is 0.142. The van der Waals surface area contributed by atoms with Crippen molar-refractivity contribution in [3.05, 3.63) is 47.2 Å². The van der Waals surface area contributed by atoms with Crippen molar-refractivity contribution >= 4 is 17.5 Å². The van der Waals surface area contributed by atoms with Gasteiger partial charge in [0.05, 0.1) is 0 Å². The Morgan fingerprint density at radius 1 is 1.24 bits per heavy atom. The molecule has 0 unspecified atom stereocenters. The summed E-state index contributed by atoms with van der Waals surface area (Å²) < 4.78 is 7.17. The van der Waals surface area contributed by atoms with E-state index in [0.717, 1.165) is 26.1 Å². The molecule has 7 heteroatoms. The number of carbonyl (C=O) groups excluding carboxylic acids is 1. The average Bonchev–Trinajstić information content (AvgIpc) is 3.10. The quantitative estimate of drug-likeness (QED) is 0.658. The van der Waals surface area contributed by atoms with Gasteiger partial charge in [0, 0.05) is 17.8 Å². The molecule has 1 aromatic carbocycles. The van der Waals surface area contributed by atoms with Crippen LogP contribution in [0, 0.1) is 0 Å². The zero-order valence-electron chi connectivity index (χ0n) is 14.7. The summed E-state index contributed by atoms with van der Waals surface area (Å²) in [4.78, 5) is 14.6. The van der Waals surface area contributed by atoms with E-state index in [1.807, 2.05) is 0 Å². The number of carbonyl (C=O) groups is 1. The lowest BCUT2D eigenvalue weighted by molar-refractivity contribution is 0.0930. The van der Waals surface area contributed by atoms with E-state index in [1.54, 1.807) is 36.5 Å². The number of ether oxygens (including phenoxy) is 1.